The predicted octanol–water partition coefficient (Wildman–Crippen LogP) is -0.634. The number of benzene rings is 1. The molecule has 0 fully saturated rings. The van der Waals surface area contributed by atoms with E-state index in [0.717, 1.165) is 11.1 Å². The highest BCUT2D eigenvalue weighted by molar-refractivity contribution is 5.96. The Morgan fingerprint density at radius 3 is 1.76 bits per heavy atom. The van der Waals surface area contributed by atoms with E-state index in [1.807, 2.05) is 0 Å². The van der Waals surface area contributed by atoms with Crippen molar-refractivity contribution in [2.45, 2.75) is 69.5 Å². The summed E-state index contributed by atoms with van der Waals surface area (Å²) in [6, 6.07) is 1.70. The van der Waals surface area contributed by atoms with Crippen LogP contribution in [0.4, 0.5) is 5.95 Å². The number of aliphatic carboxylic acids is 4. The van der Waals surface area contributed by atoms with Gasteiger partial charge < -0.3 is 47.1 Å². The average Bonchev–Trinajstić information content (AvgIpc) is 3.44. The summed E-state index contributed by atoms with van der Waals surface area (Å²) in [6.45, 7) is 0. The number of rotatable bonds is 19. The van der Waals surface area contributed by atoms with Gasteiger partial charge in [0.2, 0.25) is 17.8 Å². The van der Waals surface area contributed by atoms with Crippen molar-refractivity contribution in [3.63, 3.8) is 0 Å². The first kappa shape index (κ1) is 37.2. The van der Waals surface area contributed by atoms with Gasteiger partial charge >= 0.3 is 23.9 Å². The first-order chi connectivity index (χ1) is 23.1. The number of nitrogens with zero attached hydrogens (tertiary/aromatic N) is 1. The minimum atomic E-state index is -1.58. The number of nitrogens with two attached hydrogens (primary N) is 1. The van der Waals surface area contributed by atoms with E-state index >= 15 is 0 Å². The molecule has 0 saturated heterocycles. The maximum Gasteiger partial charge on any atom is 0.326 e. The molecule has 0 radical (unpaired) electrons. The van der Waals surface area contributed by atoms with Gasteiger partial charge in [-0.25, -0.2) is 14.4 Å². The number of carbonyl (C=O) groups is 7. The van der Waals surface area contributed by atoms with E-state index in [0.29, 0.717) is 23.9 Å². The van der Waals surface area contributed by atoms with Crippen molar-refractivity contribution >= 4 is 58.6 Å². The number of fused-ring (bicyclic) bond motifs is 1. The number of hydrogen-bond donors (Lipinski definition) is 10. The summed E-state index contributed by atoms with van der Waals surface area (Å²) in [6.07, 6.45) is -0.143. The number of nitrogen functional groups attached to an aromatic ring is 1. The van der Waals surface area contributed by atoms with Crippen LogP contribution in [0.15, 0.2) is 35.3 Å². The number of carboxylic acid groups (broad SMARTS) is 4. The first-order valence-electron chi connectivity index (χ1n) is 14.9. The Bertz CT molecular complexity index is 1780. The van der Waals surface area contributed by atoms with E-state index in [-0.39, 0.29) is 17.1 Å². The lowest BCUT2D eigenvalue weighted by Gasteiger charge is -2.18. The van der Waals surface area contributed by atoms with E-state index in [1.165, 1.54) is 12.1 Å². The highest BCUT2D eigenvalue weighted by atomic mass is 16.4. The molecule has 1 aromatic carbocycles. The zero-order valence-electron chi connectivity index (χ0n) is 25.9. The molecule has 0 aliphatic rings. The Labute approximate surface area is 276 Å². The Hall–Kier alpha value is -6.27. The fraction of sp³-hybridized carbons (Fsp3) is 0.367. The van der Waals surface area contributed by atoms with Gasteiger partial charge in [-0.3, -0.25) is 29.0 Å². The van der Waals surface area contributed by atoms with Gasteiger partial charge in [-0.1, -0.05) is 12.1 Å². The molecule has 19 nitrogen and oxygen atoms in total. The summed E-state index contributed by atoms with van der Waals surface area (Å²) in [7, 11) is 0. The lowest BCUT2D eigenvalue weighted by molar-refractivity contribution is -0.144. The van der Waals surface area contributed by atoms with Crippen LogP contribution in [0.25, 0.3) is 11.0 Å². The highest BCUT2D eigenvalue weighted by Crippen LogP contribution is 2.16. The molecule has 3 rings (SSSR count). The van der Waals surface area contributed by atoms with Gasteiger partial charge in [0.1, 0.15) is 23.8 Å². The van der Waals surface area contributed by atoms with Gasteiger partial charge in [-0.15, -0.1) is 0 Å². The van der Waals surface area contributed by atoms with Gasteiger partial charge in [0.05, 0.1) is 5.39 Å². The fourth-order valence-electron chi connectivity index (χ4n) is 4.79. The second kappa shape index (κ2) is 17.0. The minimum Gasteiger partial charge on any atom is -0.481 e. The van der Waals surface area contributed by atoms with Gasteiger partial charge in [-0.05, 0) is 55.4 Å². The Balaban J connectivity index is 1.49. The van der Waals surface area contributed by atoms with Crippen molar-refractivity contribution in [1.82, 2.24) is 30.9 Å². The molecule has 0 aliphatic carbocycles. The van der Waals surface area contributed by atoms with Crippen molar-refractivity contribution in [3.05, 3.63) is 57.5 Å². The number of nitrogens with one attached hydrogen (secondary N) is 5. The van der Waals surface area contributed by atoms with Gasteiger partial charge in [0.25, 0.3) is 11.5 Å². The molecular formula is C30H35N7O12. The summed E-state index contributed by atoms with van der Waals surface area (Å²) < 4.78 is 0. The number of amides is 3. The number of carbonyl (C=O) groups excluding carboxylic acids is 3. The summed E-state index contributed by atoms with van der Waals surface area (Å²) >= 11 is 0. The standard InChI is InChI=1S/C30H35N7O12/c31-30-36-24-23(26(43)37-30)16(13-32-24)6-3-14-1-4-15(5-2-14)25(42)35-19(29(48)49)8-11-21(39)33-17(27(44)45)7-10-20(38)34-18(28(46)47)9-12-22(40)41/h1-2,4-5,13,17-19H,3,6-12H2,(H,33,39)(H,34,38)(H,35,42)(H,40,41)(H,44,45)(H,46,47)(H,48,49)(H4,31,32,36,37,43)/t17-,18-,19-/m0/s1. The molecule has 3 atom stereocenters. The molecule has 11 N–H and O–H groups in total. The number of aryl methyl sites for hydroxylation is 2. The topological polar surface area (TPSA) is 324 Å². The lowest BCUT2D eigenvalue weighted by Crippen LogP contribution is -2.45. The van der Waals surface area contributed by atoms with E-state index in [1.54, 1.807) is 18.3 Å². The van der Waals surface area contributed by atoms with E-state index < -0.39 is 98.2 Å². The highest BCUT2D eigenvalue weighted by Gasteiger charge is 2.26. The Morgan fingerprint density at radius 2 is 1.24 bits per heavy atom. The van der Waals surface area contributed by atoms with Crippen LogP contribution in [0.5, 0.6) is 0 Å². The van der Waals surface area contributed by atoms with Crippen LogP contribution in [-0.4, -0.2) is 95.1 Å². The lowest BCUT2D eigenvalue weighted by atomic mass is 10.0. The normalized spacial score (nSPS) is 12.7. The molecule has 0 unspecified atom stereocenters. The fourth-order valence-corrected chi connectivity index (χ4v) is 4.79. The van der Waals surface area contributed by atoms with Gasteiger partial charge in [0, 0.05) is 31.0 Å². The zero-order chi connectivity index (χ0) is 36.2. The Morgan fingerprint density at radius 1 is 0.735 bits per heavy atom. The minimum absolute atomic E-state index is 0.0115. The third-order valence-corrected chi connectivity index (χ3v) is 7.38. The zero-order valence-corrected chi connectivity index (χ0v) is 25.9. The van der Waals surface area contributed by atoms with Crippen molar-refractivity contribution in [3.8, 4) is 0 Å². The maximum atomic E-state index is 12.8. The summed E-state index contributed by atoms with van der Waals surface area (Å²) in [5.41, 5.74) is 7.23. The number of anilines is 1. The van der Waals surface area contributed by atoms with E-state index in [4.69, 9.17) is 15.9 Å². The predicted molar refractivity (Wildman–Crippen MR) is 168 cm³/mol. The smallest absolute Gasteiger partial charge is 0.326 e. The monoisotopic (exact) mass is 685 g/mol. The van der Waals surface area contributed by atoms with Crippen LogP contribution < -0.4 is 27.2 Å². The van der Waals surface area contributed by atoms with Crippen LogP contribution in [0.3, 0.4) is 0 Å². The van der Waals surface area contributed by atoms with E-state index in [2.05, 4.69) is 30.9 Å². The molecule has 49 heavy (non-hydrogen) atoms. The van der Waals surface area contributed by atoms with E-state index in [9.17, 15) is 48.6 Å². The molecule has 0 saturated carbocycles. The number of hydrogen-bond acceptors (Lipinski definition) is 10. The number of carboxylic acids is 4. The molecule has 262 valence electrons. The third-order valence-electron chi connectivity index (χ3n) is 7.38. The van der Waals surface area contributed by atoms with Crippen LogP contribution in [-0.2, 0) is 41.6 Å². The molecule has 0 spiro atoms. The van der Waals surface area contributed by atoms with Crippen molar-refractivity contribution in [2.75, 3.05) is 5.73 Å². The largest absolute Gasteiger partial charge is 0.481 e. The molecule has 2 heterocycles. The SMILES string of the molecule is Nc1nc2[nH]cc(CCc3ccc(C(=O)N[C@@H](CCC(=O)N[C@@H](CCC(=O)N[C@@H](CCC(=O)O)C(=O)O)C(=O)O)C(=O)O)cc3)c2c(=O)[nH]1. The summed E-state index contributed by atoms with van der Waals surface area (Å²) in [4.78, 5) is 104. The molecule has 2 aromatic heterocycles. The second-order valence-corrected chi connectivity index (χ2v) is 11.0. The molecule has 3 amide bonds. The van der Waals surface area contributed by atoms with Crippen LogP contribution in [0, 0.1) is 0 Å². The van der Waals surface area contributed by atoms with Crippen LogP contribution >= 0.6 is 0 Å². The van der Waals surface area contributed by atoms with Crippen LogP contribution in [0.2, 0.25) is 0 Å². The van der Waals surface area contributed by atoms with Crippen LogP contribution in [0.1, 0.15) is 60.0 Å². The Kier molecular flexibility index (Phi) is 12.9. The number of aromatic nitrogens is 3. The molecule has 0 aliphatic heterocycles. The van der Waals surface area contributed by atoms with Crippen molar-refractivity contribution < 1.29 is 54.0 Å². The molecular weight excluding hydrogens is 650 g/mol. The number of H-pyrrole nitrogens is 2. The first-order valence-corrected chi connectivity index (χ1v) is 14.9. The quantitative estimate of drug-likeness (QED) is 0.0751. The summed E-state index contributed by atoms with van der Waals surface area (Å²) in [5, 5.41) is 43.9. The molecule has 3 aromatic rings. The third kappa shape index (κ3) is 11.2. The van der Waals surface area contributed by atoms with Gasteiger partial charge in [-0.2, -0.15) is 4.98 Å². The number of aromatic amines is 2. The molecule has 0 bridgehead atoms. The molecule has 19 heteroatoms. The van der Waals surface area contributed by atoms with Crippen molar-refractivity contribution in [2.24, 2.45) is 0 Å². The van der Waals surface area contributed by atoms with Gasteiger partial charge in [0.15, 0.2) is 0 Å². The maximum absolute atomic E-state index is 12.8. The van der Waals surface area contributed by atoms with Crippen molar-refractivity contribution in [1.29, 1.82) is 0 Å². The average molecular weight is 686 g/mol. The second-order valence-electron chi connectivity index (χ2n) is 11.0. The summed E-state index contributed by atoms with van der Waals surface area (Å²) in [5.74, 6) is -8.19.